The van der Waals surface area contributed by atoms with Crippen molar-refractivity contribution in [2.24, 2.45) is 0 Å². The number of rotatable bonds is 3. The Hall–Kier alpha value is -2.92. The predicted molar refractivity (Wildman–Crippen MR) is 99.2 cm³/mol. The number of hydrogen-bond acceptors (Lipinski definition) is 4. The summed E-state index contributed by atoms with van der Waals surface area (Å²) in [5, 5.41) is 5.16. The van der Waals surface area contributed by atoms with Crippen molar-refractivity contribution in [2.75, 3.05) is 36.5 Å². The lowest BCUT2D eigenvalue weighted by atomic mass is 10.1. The molecule has 1 N–H and O–H groups in total. The van der Waals surface area contributed by atoms with Crippen molar-refractivity contribution in [3.63, 3.8) is 0 Å². The number of ether oxygens (including phenoxy) is 1. The monoisotopic (exact) mass is 333 g/mol. The summed E-state index contributed by atoms with van der Waals surface area (Å²) in [6.07, 6.45) is 1.72. The van der Waals surface area contributed by atoms with Crippen LogP contribution in [0.1, 0.15) is 10.4 Å². The summed E-state index contributed by atoms with van der Waals surface area (Å²) in [7, 11) is 0. The first kappa shape index (κ1) is 15.6. The maximum Gasteiger partial charge on any atom is 0.259 e. The van der Waals surface area contributed by atoms with E-state index in [0.29, 0.717) is 24.6 Å². The Kier molecular flexibility index (Phi) is 4.31. The van der Waals surface area contributed by atoms with Crippen LogP contribution in [0, 0.1) is 0 Å². The zero-order valence-electron chi connectivity index (χ0n) is 13.8. The normalized spacial score (nSPS) is 14.5. The molecule has 3 aromatic rings. The van der Waals surface area contributed by atoms with Gasteiger partial charge in [-0.05, 0) is 23.6 Å². The van der Waals surface area contributed by atoms with Gasteiger partial charge in [-0.15, -0.1) is 0 Å². The summed E-state index contributed by atoms with van der Waals surface area (Å²) < 4.78 is 5.40. The minimum absolute atomic E-state index is 0.147. The molecule has 1 saturated heterocycles. The van der Waals surface area contributed by atoms with E-state index < -0.39 is 0 Å². The van der Waals surface area contributed by atoms with Gasteiger partial charge < -0.3 is 15.0 Å². The van der Waals surface area contributed by atoms with Crippen molar-refractivity contribution in [3.05, 3.63) is 66.4 Å². The fraction of sp³-hybridized carbons (Fsp3) is 0.200. The molecule has 1 amide bonds. The number of pyridine rings is 1. The molecule has 0 saturated carbocycles. The molecule has 1 aliphatic rings. The molecule has 5 nitrogen and oxygen atoms in total. The minimum atomic E-state index is -0.147. The molecule has 0 unspecified atom stereocenters. The minimum Gasteiger partial charge on any atom is -0.378 e. The van der Waals surface area contributed by atoms with Gasteiger partial charge in [-0.2, -0.15) is 0 Å². The smallest absolute Gasteiger partial charge is 0.259 e. The number of fused-ring (bicyclic) bond motifs is 1. The van der Waals surface area contributed by atoms with Crippen molar-refractivity contribution in [2.45, 2.75) is 0 Å². The summed E-state index contributed by atoms with van der Waals surface area (Å²) in [5.74, 6) is 0.564. The number of morpholine rings is 1. The number of aromatic nitrogens is 1. The van der Waals surface area contributed by atoms with Gasteiger partial charge in [-0.25, -0.2) is 4.98 Å². The number of carbonyl (C=O) groups excluding carboxylic acids is 1. The molecule has 1 aliphatic heterocycles. The Morgan fingerprint density at radius 2 is 1.80 bits per heavy atom. The van der Waals surface area contributed by atoms with Gasteiger partial charge >= 0.3 is 0 Å². The van der Waals surface area contributed by atoms with E-state index in [2.05, 4.69) is 15.2 Å². The lowest BCUT2D eigenvalue weighted by Crippen LogP contribution is -2.38. The average molecular weight is 333 g/mol. The van der Waals surface area contributed by atoms with Crippen molar-refractivity contribution < 1.29 is 9.53 Å². The fourth-order valence-corrected chi connectivity index (χ4v) is 3.13. The van der Waals surface area contributed by atoms with Crippen LogP contribution in [0.5, 0.6) is 0 Å². The van der Waals surface area contributed by atoms with Crippen LogP contribution >= 0.6 is 0 Å². The first-order valence-electron chi connectivity index (χ1n) is 8.40. The van der Waals surface area contributed by atoms with Gasteiger partial charge in [0.25, 0.3) is 5.91 Å². The number of hydrogen-bond donors (Lipinski definition) is 1. The topological polar surface area (TPSA) is 54.5 Å². The second-order valence-corrected chi connectivity index (χ2v) is 5.95. The molecular weight excluding hydrogens is 314 g/mol. The molecule has 0 bridgehead atoms. The van der Waals surface area contributed by atoms with Crippen LogP contribution in [-0.4, -0.2) is 37.2 Å². The van der Waals surface area contributed by atoms with Crippen molar-refractivity contribution >= 4 is 28.2 Å². The zero-order valence-corrected chi connectivity index (χ0v) is 13.8. The Labute approximate surface area is 146 Å². The molecule has 2 heterocycles. The Morgan fingerprint density at radius 1 is 1.00 bits per heavy atom. The maximum absolute atomic E-state index is 12.9. The molecule has 1 aromatic heterocycles. The summed E-state index contributed by atoms with van der Waals surface area (Å²) >= 11 is 0. The quantitative estimate of drug-likeness (QED) is 0.799. The number of carbonyl (C=O) groups is 1. The zero-order chi connectivity index (χ0) is 17.1. The number of nitrogens with zero attached hydrogens (tertiary/aromatic N) is 2. The van der Waals surface area contributed by atoms with E-state index in [-0.39, 0.29) is 5.91 Å². The van der Waals surface area contributed by atoms with Crippen LogP contribution in [0.25, 0.3) is 10.8 Å². The van der Waals surface area contributed by atoms with Gasteiger partial charge in [-0.3, -0.25) is 4.79 Å². The molecule has 0 spiro atoms. The lowest BCUT2D eigenvalue weighted by Gasteiger charge is -2.29. The van der Waals surface area contributed by atoms with E-state index in [4.69, 9.17) is 4.74 Å². The third-order valence-corrected chi connectivity index (χ3v) is 4.38. The highest BCUT2D eigenvalue weighted by atomic mass is 16.5. The van der Waals surface area contributed by atoms with Crippen LogP contribution in [0.15, 0.2) is 60.8 Å². The Morgan fingerprint density at radius 3 is 2.68 bits per heavy atom. The fourth-order valence-electron chi connectivity index (χ4n) is 3.13. The van der Waals surface area contributed by atoms with E-state index >= 15 is 0 Å². The standard InChI is InChI=1S/C20H19N3O2/c24-20(22-18-9-3-6-15-5-1-2-7-16(15)18)17-8-4-10-21-19(17)23-11-13-25-14-12-23/h1-10H,11-14H2,(H,22,24). The van der Waals surface area contributed by atoms with E-state index in [1.807, 2.05) is 48.5 Å². The number of benzene rings is 2. The highest BCUT2D eigenvalue weighted by Gasteiger charge is 2.20. The third-order valence-electron chi connectivity index (χ3n) is 4.38. The molecule has 25 heavy (non-hydrogen) atoms. The number of nitrogens with one attached hydrogen (secondary N) is 1. The average Bonchev–Trinajstić information content (AvgIpc) is 2.69. The first-order valence-corrected chi connectivity index (χ1v) is 8.40. The largest absolute Gasteiger partial charge is 0.378 e. The molecular formula is C20H19N3O2. The van der Waals surface area contributed by atoms with Gasteiger partial charge in [0.1, 0.15) is 5.82 Å². The van der Waals surface area contributed by atoms with Crippen LogP contribution < -0.4 is 10.2 Å². The summed E-state index contributed by atoms with van der Waals surface area (Å²) in [6, 6.07) is 17.5. The SMILES string of the molecule is O=C(Nc1cccc2ccccc12)c1cccnc1N1CCOCC1. The molecule has 0 radical (unpaired) electrons. The van der Waals surface area contributed by atoms with Crippen LogP contribution in [0.2, 0.25) is 0 Å². The van der Waals surface area contributed by atoms with Gasteiger partial charge in [0.2, 0.25) is 0 Å². The summed E-state index contributed by atoms with van der Waals surface area (Å²) in [5.41, 5.74) is 1.39. The van der Waals surface area contributed by atoms with Crippen molar-refractivity contribution in [1.82, 2.24) is 4.98 Å². The predicted octanol–water partition coefficient (Wildman–Crippen LogP) is 3.32. The van der Waals surface area contributed by atoms with Gasteiger partial charge in [-0.1, -0.05) is 36.4 Å². The first-order chi connectivity index (χ1) is 12.3. The number of amides is 1. The second kappa shape index (κ2) is 6.91. The van der Waals surface area contributed by atoms with Gasteiger partial charge in [0.15, 0.2) is 0 Å². The Balaban J connectivity index is 1.65. The van der Waals surface area contributed by atoms with Crippen molar-refractivity contribution in [3.8, 4) is 0 Å². The van der Waals surface area contributed by atoms with E-state index in [1.54, 1.807) is 12.3 Å². The molecule has 4 rings (SSSR count). The van der Waals surface area contributed by atoms with E-state index in [9.17, 15) is 4.79 Å². The molecule has 1 fully saturated rings. The molecule has 0 atom stereocenters. The van der Waals surface area contributed by atoms with Crippen LogP contribution in [0.4, 0.5) is 11.5 Å². The second-order valence-electron chi connectivity index (χ2n) is 5.95. The van der Waals surface area contributed by atoms with E-state index in [1.165, 1.54) is 0 Å². The lowest BCUT2D eigenvalue weighted by molar-refractivity contribution is 0.102. The van der Waals surface area contributed by atoms with Gasteiger partial charge in [0, 0.05) is 30.4 Å². The maximum atomic E-state index is 12.9. The van der Waals surface area contributed by atoms with Crippen LogP contribution in [0.3, 0.4) is 0 Å². The summed E-state index contributed by atoms with van der Waals surface area (Å²) in [4.78, 5) is 19.4. The number of anilines is 2. The Bertz CT molecular complexity index is 899. The third kappa shape index (κ3) is 3.19. The highest BCUT2D eigenvalue weighted by Crippen LogP contribution is 2.25. The van der Waals surface area contributed by atoms with E-state index in [0.717, 1.165) is 29.5 Å². The molecule has 5 heteroatoms. The molecule has 126 valence electrons. The molecule has 2 aromatic carbocycles. The molecule has 0 aliphatic carbocycles. The highest BCUT2D eigenvalue weighted by molar-refractivity contribution is 6.11. The summed E-state index contributed by atoms with van der Waals surface area (Å²) in [6.45, 7) is 2.79. The van der Waals surface area contributed by atoms with Gasteiger partial charge in [0.05, 0.1) is 18.8 Å². The van der Waals surface area contributed by atoms with Crippen molar-refractivity contribution in [1.29, 1.82) is 0 Å². The van der Waals surface area contributed by atoms with Crippen LogP contribution in [-0.2, 0) is 4.74 Å².